The highest BCUT2D eigenvalue weighted by Crippen LogP contribution is 2.29. The van der Waals surface area contributed by atoms with E-state index >= 15 is 0 Å². The molecular formula is C22H22N2O2S. The van der Waals surface area contributed by atoms with Crippen molar-refractivity contribution in [3.63, 3.8) is 0 Å². The second-order valence-corrected chi connectivity index (χ2v) is 7.26. The Morgan fingerprint density at radius 1 is 0.926 bits per heavy atom. The van der Waals surface area contributed by atoms with Gasteiger partial charge in [-0.15, -0.1) is 11.3 Å². The van der Waals surface area contributed by atoms with Crippen molar-refractivity contribution in [3.05, 3.63) is 88.3 Å². The van der Waals surface area contributed by atoms with E-state index in [9.17, 15) is 9.59 Å². The van der Waals surface area contributed by atoms with Gasteiger partial charge < -0.3 is 10.6 Å². The third-order valence-electron chi connectivity index (χ3n) is 4.18. The van der Waals surface area contributed by atoms with Crippen LogP contribution in [0.4, 0.5) is 5.00 Å². The summed E-state index contributed by atoms with van der Waals surface area (Å²) >= 11 is 1.45. The van der Waals surface area contributed by atoms with Gasteiger partial charge in [-0.3, -0.25) is 9.59 Å². The van der Waals surface area contributed by atoms with Crippen molar-refractivity contribution < 1.29 is 9.59 Å². The van der Waals surface area contributed by atoms with E-state index in [2.05, 4.69) is 10.6 Å². The molecule has 27 heavy (non-hydrogen) atoms. The fourth-order valence-electron chi connectivity index (χ4n) is 2.70. The lowest BCUT2D eigenvalue weighted by Crippen LogP contribution is -2.26. The first-order valence-electron chi connectivity index (χ1n) is 8.98. The van der Waals surface area contributed by atoms with Gasteiger partial charge in [-0.1, -0.05) is 55.5 Å². The standard InChI is InChI=1S/C22H22N2O2S/c1-2-18-15-19(21(26)23-14-13-16-9-5-3-6-10-16)22(27-18)24-20(25)17-11-7-4-8-12-17/h3-12,15H,2,13-14H2,1H3,(H,23,26)(H,24,25). The normalized spacial score (nSPS) is 10.4. The van der Waals surface area contributed by atoms with Crippen LogP contribution in [0.5, 0.6) is 0 Å². The summed E-state index contributed by atoms with van der Waals surface area (Å²) in [6, 6.07) is 20.9. The summed E-state index contributed by atoms with van der Waals surface area (Å²) in [4.78, 5) is 26.2. The first-order chi connectivity index (χ1) is 13.2. The quantitative estimate of drug-likeness (QED) is 0.634. The number of thiophene rings is 1. The van der Waals surface area contributed by atoms with Crippen molar-refractivity contribution in [2.45, 2.75) is 19.8 Å². The average Bonchev–Trinajstić information content (AvgIpc) is 3.12. The maximum atomic E-state index is 12.6. The highest BCUT2D eigenvalue weighted by atomic mass is 32.1. The van der Waals surface area contributed by atoms with Crippen LogP contribution in [-0.2, 0) is 12.8 Å². The molecule has 2 amide bonds. The second-order valence-electron chi connectivity index (χ2n) is 6.12. The predicted octanol–water partition coefficient (Wildman–Crippen LogP) is 4.54. The van der Waals surface area contributed by atoms with Gasteiger partial charge in [0, 0.05) is 17.0 Å². The predicted molar refractivity (Wildman–Crippen MR) is 111 cm³/mol. The molecule has 0 aliphatic heterocycles. The summed E-state index contributed by atoms with van der Waals surface area (Å²) in [5.74, 6) is -0.372. The number of hydrogen-bond donors (Lipinski definition) is 2. The van der Waals surface area contributed by atoms with E-state index in [-0.39, 0.29) is 11.8 Å². The summed E-state index contributed by atoms with van der Waals surface area (Å²) in [6.45, 7) is 2.58. The van der Waals surface area contributed by atoms with E-state index in [0.717, 1.165) is 17.7 Å². The first kappa shape index (κ1) is 18.9. The third kappa shape index (κ3) is 5.05. The van der Waals surface area contributed by atoms with Crippen LogP contribution in [0.15, 0.2) is 66.7 Å². The Hall–Kier alpha value is -2.92. The number of carbonyl (C=O) groups excluding carboxylic acids is 2. The van der Waals surface area contributed by atoms with Gasteiger partial charge in [0.05, 0.1) is 5.56 Å². The van der Waals surface area contributed by atoms with Crippen molar-refractivity contribution >= 4 is 28.2 Å². The molecule has 0 saturated carbocycles. The number of aryl methyl sites for hydroxylation is 1. The molecule has 0 saturated heterocycles. The smallest absolute Gasteiger partial charge is 0.256 e. The molecule has 0 atom stereocenters. The molecule has 3 aromatic rings. The minimum absolute atomic E-state index is 0.162. The van der Waals surface area contributed by atoms with Gasteiger partial charge >= 0.3 is 0 Å². The summed E-state index contributed by atoms with van der Waals surface area (Å²) in [7, 11) is 0. The molecule has 5 heteroatoms. The van der Waals surface area contributed by atoms with Gasteiger partial charge in [0.15, 0.2) is 0 Å². The maximum absolute atomic E-state index is 12.6. The molecule has 138 valence electrons. The van der Waals surface area contributed by atoms with Crippen LogP contribution >= 0.6 is 11.3 Å². The number of benzene rings is 2. The zero-order valence-corrected chi connectivity index (χ0v) is 16.0. The molecule has 0 fully saturated rings. The summed E-state index contributed by atoms with van der Waals surface area (Å²) in [5.41, 5.74) is 2.27. The first-order valence-corrected chi connectivity index (χ1v) is 9.80. The molecule has 0 unspecified atom stereocenters. The summed E-state index contributed by atoms with van der Waals surface area (Å²) < 4.78 is 0. The van der Waals surface area contributed by atoms with E-state index in [0.29, 0.717) is 22.7 Å². The van der Waals surface area contributed by atoms with Gasteiger partial charge in [0.2, 0.25) is 0 Å². The van der Waals surface area contributed by atoms with Crippen molar-refractivity contribution in [2.24, 2.45) is 0 Å². The van der Waals surface area contributed by atoms with E-state index in [1.807, 2.05) is 61.5 Å². The SMILES string of the molecule is CCc1cc(C(=O)NCCc2ccccc2)c(NC(=O)c2ccccc2)s1. The van der Waals surface area contributed by atoms with Crippen LogP contribution in [0.2, 0.25) is 0 Å². The fraction of sp³-hybridized carbons (Fsp3) is 0.182. The number of hydrogen-bond acceptors (Lipinski definition) is 3. The Kier molecular flexibility index (Phi) is 6.39. The zero-order chi connectivity index (χ0) is 19.1. The largest absolute Gasteiger partial charge is 0.352 e. The van der Waals surface area contributed by atoms with Gasteiger partial charge in [-0.05, 0) is 36.6 Å². The number of rotatable bonds is 7. The average molecular weight is 378 g/mol. The van der Waals surface area contributed by atoms with Crippen molar-refractivity contribution in [2.75, 3.05) is 11.9 Å². The fourth-order valence-corrected chi connectivity index (χ4v) is 3.69. The topological polar surface area (TPSA) is 58.2 Å². The number of amides is 2. The van der Waals surface area contributed by atoms with E-state index in [4.69, 9.17) is 0 Å². The molecule has 2 aromatic carbocycles. The molecule has 0 spiro atoms. The molecule has 3 rings (SSSR count). The van der Waals surface area contributed by atoms with Crippen molar-refractivity contribution in [3.8, 4) is 0 Å². The molecule has 4 nitrogen and oxygen atoms in total. The molecule has 1 aromatic heterocycles. The van der Waals surface area contributed by atoms with Crippen LogP contribution in [0.25, 0.3) is 0 Å². The lowest BCUT2D eigenvalue weighted by atomic mass is 10.1. The Bertz CT molecular complexity index is 905. The van der Waals surface area contributed by atoms with E-state index in [1.165, 1.54) is 16.9 Å². The van der Waals surface area contributed by atoms with Crippen LogP contribution in [-0.4, -0.2) is 18.4 Å². The van der Waals surface area contributed by atoms with Crippen LogP contribution in [0.1, 0.15) is 38.1 Å². The summed E-state index contributed by atoms with van der Waals surface area (Å²) in [6.07, 6.45) is 1.58. The Morgan fingerprint density at radius 2 is 1.59 bits per heavy atom. The molecule has 0 bridgehead atoms. The van der Waals surface area contributed by atoms with Gasteiger partial charge in [0.1, 0.15) is 5.00 Å². The van der Waals surface area contributed by atoms with Gasteiger partial charge in [0.25, 0.3) is 11.8 Å². The monoisotopic (exact) mass is 378 g/mol. The number of anilines is 1. The number of carbonyl (C=O) groups is 2. The molecule has 0 radical (unpaired) electrons. The maximum Gasteiger partial charge on any atom is 0.256 e. The highest BCUT2D eigenvalue weighted by molar-refractivity contribution is 7.16. The number of nitrogens with one attached hydrogen (secondary N) is 2. The molecule has 0 aliphatic carbocycles. The lowest BCUT2D eigenvalue weighted by Gasteiger charge is -2.08. The zero-order valence-electron chi connectivity index (χ0n) is 15.2. The van der Waals surface area contributed by atoms with Crippen molar-refractivity contribution in [1.29, 1.82) is 0 Å². The molecule has 2 N–H and O–H groups in total. The second kappa shape index (κ2) is 9.14. The minimum atomic E-state index is -0.210. The molecular weight excluding hydrogens is 356 g/mol. The third-order valence-corrected chi connectivity index (χ3v) is 5.38. The summed E-state index contributed by atoms with van der Waals surface area (Å²) in [5, 5.41) is 6.44. The van der Waals surface area contributed by atoms with Gasteiger partial charge in [-0.25, -0.2) is 0 Å². The van der Waals surface area contributed by atoms with E-state index < -0.39 is 0 Å². The molecule has 0 aliphatic rings. The Balaban J connectivity index is 1.68. The Morgan fingerprint density at radius 3 is 2.26 bits per heavy atom. The lowest BCUT2D eigenvalue weighted by molar-refractivity contribution is 0.0955. The van der Waals surface area contributed by atoms with Gasteiger partial charge in [-0.2, -0.15) is 0 Å². The van der Waals surface area contributed by atoms with E-state index in [1.54, 1.807) is 12.1 Å². The van der Waals surface area contributed by atoms with Crippen LogP contribution in [0, 0.1) is 0 Å². The van der Waals surface area contributed by atoms with Crippen LogP contribution < -0.4 is 10.6 Å². The van der Waals surface area contributed by atoms with Crippen LogP contribution in [0.3, 0.4) is 0 Å². The minimum Gasteiger partial charge on any atom is -0.352 e. The van der Waals surface area contributed by atoms with Crippen molar-refractivity contribution in [1.82, 2.24) is 5.32 Å². The highest BCUT2D eigenvalue weighted by Gasteiger charge is 2.18. The Labute approximate surface area is 163 Å². The molecule has 1 heterocycles.